The number of alkyl carbamates (subject to hydrolysis) is 1. The summed E-state index contributed by atoms with van der Waals surface area (Å²) < 4.78 is 9.80. The van der Waals surface area contributed by atoms with Gasteiger partial charge in [0.1, 0.15) is 11.8 Å². The van der Waals surface area contributed by atoms with E-state index in [4.69, 9.17) is 9.15 Å². The molecule has 3 amide bonds. The van der Waals surface area contributed by atoms with Gasteiger partial charge in [0.05, 0.1) is 6.26 Å². The normalized spacial score (nSPS) is 20.2. The van der Waals surface area contributed by atoms with Crippen molar-refractivity contribution in [1.29, 1.82) is 0 Å². The Bertz CT molecular complexity index is 969. The molecule has 0 bridgehead atoms. The van der Waals surface area contributed by atoms with Crippen LogP contribution in [0.1, 0.15) is 40.4 Å². The quantitative estimate of drug-likeness (QED) is 0.774. The van der Waals surface area contributed by atoms with Gasteiger partial charge in [-0.15, -0.1) is 0 Å². The maximum Gasteiger partial charge on any atom is 0.413 e. The number of nitrogens with one attached hydrogen (secondary N) is 1. The van der Waals surface area contributed by atoms with Crippen molar-refractivity contribution in [3.63, 3.8) is 0 Å². The van der Waals surface area contributed by atoms with Gasteiger partial charge >= 0.3 is 11.9 Å². The first-order valence-corrected chi connectivity index (χ1v) is 8.72. The second kappa shape index (κ2) is 7.09. The van der Waals surface area contributed by atoms with Crippen molar-refractivity contribution in [2.75, 3.05) is 0 Å². The van der Waals surface area contributed by atoms with Crippen LogP contribution in [0, 0.1) is 0 Å². The van der Waals surface area contributed by atoms with Gasteiger partial charge in [-0.2, -0.15) is 4.99 Å². The maximum atomic E-state index is 12.3. The van der Waals surface area contributed by atoms with E-state index in [-0.39, 0.29) is 17.5 Å². The van der Waals surface area contributed by atoms with Crippen molar-refractivity contribution in [3.8, 4) is 0 Å². The van der Waals surface area contributed by atoms with E-state index in [0.717, 1.165) is 5.01 Å². The Hall–Kier alpha value is -3.60. The first-order valence-electron chi connectivity index (χ1n) is 8.72. The Morgan fingerprint density at radius 1 is 1.21 bits per heavy atom. The number of amides is 3. The van der Waals surface area contributed by atoms with Gasteiger partial charge in [0.25, 0.3) is 17.6 Å². The molecule has 0 aliphatic carbocycles. The van der Waals surface area contributed by atoms with Crippen molar-refractivity contribution in [2.45, 2.75) is 40.2 Å². The Labute approximate surface area is 166 Å². The Morgan fingerprint density at radius 3 is 2.45 bits per heavy atom. The summed E-state index contributed by atoms with van der Waals surface area (Å²) in [6, 6.07) is 3.30. The van der Waals surface area contributed by atoms with E-state index in [0.29, 0.717) is 5.76 Å². The second-order valence-corrected chi connectivity index (χ2v) is 7.27. The molecule has 0 aromatic carbocycles. The number of imide groups is 1. The number of nitrogens with zero attached hydrogens (tertiary/aromatic N) is 5. The first-order chi connectivity index (χ1) is 13.5. The standard InChI is InChI=1S/C18H20N6O5/c1-11(25)23(12(2)26)24-10-14(20-17(27)29-18(3,4)5)19-9-15(24)21-16(22-24)13-7-6-8-28-13/h6-10H,1-5H3/p+1. The van der Waals surface area contributed by atoms with Gasteiger partial charge in [0.15, 0.2) is 17.8 Å². The molecule has 3 heterocycles. The fraction of sp³-hybridized carbons (Fsp3) is 0.333. The van der Waals surface area contributed by atoms with Gasteiger partial charge in [-0.25, -0.2) is 9.79 Å². The minimum atomic E-state index is -0.744. The second-order valence-electron chi connectivity index (χ2n) is 7.27. The molecule has 1 atom stereocenters. The van der Waals surface area contributed by atoms with Crippen molar-refractivity contribution < 1.29 is 28.2 Å². The van der Waals surface area contributed by atoms with Crippen LogP contribution in [0.5, 0.6) is 0 Å². The van der Waals surface area contributed by atoms with Crippen LogP contribution in [0.25, 0.3) is 0 Å². The van der Waals surface area contributed by atoms with E-state index in [1.807, 2.05) is 0 Å². The Balaban J connectivity index is 2.06. The zero-order valence-electron chi connectivity index (χ0n) is 16.7. The molecule has 11 nitrogen and oxygen atoms in total. The number of hydrogen-bond acceptors (Lipinski definition) is 8. The number of aliphatic imine (C=N–C) groups is 2. The molecule has 11 heteroatoms. The molecule has 0 saturated carbocycles. The number of quaternary nitrogens is 1. The molecule has 3 rings (SSSR count). The Kier molecular flexibility index (Phi) is 4.93. The summed E-state index contributed by atoms with van der Waals surface area (Å²) in [5.41, 5.74) is -0.717. The minimum absolute atomic E-state index is 0.0372. The van der Waals surface area contributed by atoms with E-state index < -0.39 is 28.2 Å². The van der Waals surface area contributed by atoms with Gasteiger partial charge in [0, 0.05) is 13.8 Å². The van der Waals surface area contributed by atoms with Gasteiger partial charge in [-0.3, -0.25) is 14.9 Å². The summed E-state index contributed by atoms with van der Waals surface area (Å²) in [4.78, 5) is 45.2. The molecule has 0 radical (unpaired) electrons. The van der Waals surface area contributed by atoms with Crippen LogP contribution in [0.15, 0.2) is 49.9 Å². The average molecular weight is 401 g/mol. The van der Waals surface area contributed by atoms with Crippen molar-refractivity contribution in [2.24, 2.45) is 15.1 Å². The molecule has 152 valence electrons. The topological polar surface area (TPSA) is 126 Å². The SMILES string of the molecule is CC(=O)N(C(C)=O)[N+]12C=C(NC(=O)OC(C)(C)C)N=CC1=NC(c1ccco1)=N2. The number of amidine groups is 2. The van der Waals surface area contributed by atoms with Crippen LogP contribution in [0.2, 0.25) is 0 Å². The Morgan fingerprint density at radius 2 is 1.90 bits per heavy atom. The van der Waals surface area contributed by atoms with Crippen LogP contribution in [-0.4, -0.2) is 51.1 Å². The number of fused-ring (bicyclic) bond motifs is 1. The smallest absolute Gasteiger partial charge is 0.413 e. The zero-order valence-corrected chi connectivity index (χ0v) is 16.7. The number of rotatable bonds is 3. The van der Waals surface area contributed by atoms with Gasteiger partial charge < -0.3 is 9.15 Å². The number of carbonyl (C=O) groups is 3. The minimum Gasteiger partial charge on any atom is -0.461 e. The number of furan rings is 1. The number of hydrogen-bond donors (Lipinski definition) is 1. The zero-order chi connectivity index (χ0) is 21.4. The monoisotopic (exact) mass is 401 g/mol. The molecule has 0 spiro atoms. The maximum absolute atomic E-state index is 12.3. The van der Waals surface area contributed by atoms with Crippen LogP contribution in [-0.2, 0) is 14.3 Å². The summed E-state index contributed by atoms with van der Waals surface area (Å²) >= 11 is 0. The predicted octanol–water partition coefficient (Wildman–Crippen LogP) is 1.89. The highest BCUT2D eigenvalue weighted by Gasteiger charge is 2.52. The lowest BCUT2D eigenvalue weighted by molar-refractivity contribution is -0.889. The largest absolute Gasteiger partial charge is 0.461 e. The molecule has 0 saturated heterocycles. The third-order valence-corrected chi connectivity index (χ3v) is 3.70. The fourth-order valence-electron chi connectivity index (χ4n) is 2.78. The molecular weight excluding hydrogens is 380 g/mol. The summed E-state index contributed by atoms with van der Waals surface area (Å²) in [6.07, 6.45) is 3.34. The third kappa shape index (κ3) is 3.99. The molecule has 1 unspecified atom stereocenters. The van der Waals surface area contributed by atoms with Crippen molar-refractivity contribution >= 4 is 35.8 Å². The first kappa shape index (κ1) is 20.1. The number of carbonyl (C=O) groups excluding carboxylic acids is 3. The highest BCUT2D eigenvalue weighted by Crippen LogP contribution is 2.29. The molecule has 2 aliphatic rings. The highest BCUT2D eigenvalue weighted by molar-refractivity contribution is 6.31. The van der Waals surface area contributed by atoms with E-state index in [1.54, 1.807) is 32.9 Å². The molecule has 29 heavy (non-hydrogen) atoms. The van der Waals surface area contributed by atoms with E-state index >= 15 is 0 Å². The van der Waals surface area contributed by atoms with Crippen LogP contribution < -0.4 is 5.32 Å². The van der Waals surface area contributed by atoms with Gasteiger partial charge in [0.2, 0.25) is 0 Å². The summed E-state index contributed by atoms with van der Waals surface area (Å²) in [5, 5.41) is 7.81. The fourth-order valence-corrected chi connectivity index (χ4v) is 2.78. The van der Waals surface area contributed by atoms with Gasteiger partial charge in [-0.1, -0.05) is 5.01 Å². The van der Waals surface area contributed by atoms with E-state index in [9.17, 15) is 14.4 Å². The van der Waals surface area contributed by atoms with E-state index in [2.05, 4.69) is 20.4 Å². The van der Waals surface area contributed by atoms with Gasteiger partial charge in [-0.05, 0) is 42.7 Å². The van der Waals surface area contributed by atoms with Crippen LogP contribution in [0.3, 0.4) is 0 Å². The highest BCUT2D eigenvalue weighted by atomic mass is 16.6. The molecule has 1 N–H and O–H groups in total. The average Bonchev–Trinajstić information content (AvgIpc) is 3.18. The summed E-state index contributed by atoms with van der Waals surface area (Å²) in [7, 11) is 0. The number of ether oxygens (including phenoxy) is 1. The molecule has 1 aromatic heterocycles. The van der Waals surface area contributed by atoms with Crippen molar-refractivity contribution in [1.82, 2.24) is 10.3 Å². The van der Waals surface area contributed by atoms with Crippen LogP contribution >= 0.6 is 0 Å². The molecular formula is C18H21N6O5+. The summed E-state index contributed by atoms with van der Waals surface area (Å²) in [6.45, 7) is 7.62. The van der Waals surface area contributed by atoms with Crippen molar-refractivity contribution in [3.05, 3.63) is 36.2 Å². The van der Waals surface area contributed by atoms with E-state index in [1.165, 1.54) is 32.5 Å². The molecule has 0 fully saturated rings. The van der Waals surface area contributed by atoms with Crippen LogP contribution in [0.4, 0.5) is 4.79 Å². The lowest BCUT2D eigenvalue weighted by atomic mass is 10.2. The lowest BCUT2D eigenvalue weighted by Gasteiger charge is -2.32. The predicted molar refractivity (Wildman–Crippen MR) is 102 cm³/mol. The lowest BCUT2D eigenvalue weighted by Crippen LogP contribution is -2.60. The molecule has 1 aromatic rings. The molecule has 2 aliphatic heterocycles. The third-order valence-electron chi connectivity index (χ3n) is 3.70. The summed E-state index contributed by atoms with van der Waals surface area (Å²) in [5.74, 6) is -0.416.